The van der Waals surface area contributed by atoms with Gasteiger partial charge in [-0.15, -0.1) is 0 Å². The van der Waals surface area contributed by atoms with E-state index in [1.807, 2.05) is 18.3 Å². The monoisotopic (exact) mass is 223 g/mol. The van der Waals surface area contributed by atoms with Gasteiger partial charge in [0.2, 0.25) is 0 Å². The maximum Gasteiger partial charge on any atom is 0.0875 e. The summed E-state index contributed by atoms with van der Waals surface area (Å²) in [6.45, 7) is 0. The van der Waals surface area contributed by atoms with Crippen LogP contribution in [0.1, 0.15) is 0 Å². The molecule has 2 aromatic heterocycles. The number of hydrogen-bond acceptors (Lipinski definition) is 2. The van der Waals surface area contributed by atoms with Crippen LogP contribution in [0.5, 0.6) is 0 Å². The van der Waals surface area contributed by atoms with E-state index in [2.05, 4.69) is 31.1 Å². The molecule has 0 radical (unpaired) electrons. The van der Waals surface area contributed by atoms with Crippen molar-refractivity contribution in [2.24, 2.45) is 0 Å². The molecule has 12 heavy (non-hydrogen) atoms. The Balaban J connectivity index is 2.55. The van der Waals surface area contributed by atoms with Gasteiger partial charge in [-0.2, -0.15) is 5.10 Å². The van der Waals surface area contributed by atoms with Gasteiger partial charge in [-0.05, 0) is 28.1 Å². The number of aromatic amines is 1. The van der Waals surface area contributed by atoms with Gasteiger partial charge in [0.25, 0.3) is 0 Å². The molecule has 1 N–H and O–H groups in total. The fourth-order valence-electron chi connectivity index (χ4n) is 0.978. The molecule has 0 amide bonds. The zero-order valence-electron chi connectivity index (χ0n) is 6.16. The average Bonchev–Trinajstić information content (AvgIpc) is 2.57. The number of aromatic nitrogens is 3. The Kier molecular flexibility index (Phi) is 1.91. The molecule has 0 aliphatic heterocycles. The largest absolute Gasteiger partial charge is 0.285 e. The van der Waals surface area contributed by atoms with Gasteiger partial charge in [0, 0.05) is 22.4 Å². The first-order valence-electron chi connectivity index (χ1n) is 3.47. The van der Waals surface area contributed by atoms with Crippen molar-refractivity contribution in [1.82, 2.24) is 15.2 Å². The van der Waals surface area contributed by atoms with Gasteiger partial charge in [-0.25, -0.2) is 0 Å². The van der Waals surface area contributed by atoms with Crippen molar-refractivity contribution < 1.29 is 0 Å². The van der Waals surface area contributed by atoms with Crippen LogP contribution in [-0.2, 0) is 0 Å². The molecule has 0 bridgehead atoms. The summed E-state index contributed by atoms with van der Waals surface area (Å²) in [6.07, 6.45) is 5.31. The highest BCUT2D eigenvalue weighted by atomic mass is 79.9. The quantitative estimate of drug-likeness (QED) is 0.806. The molecule has 60 valence electrons. The van der Waals surface area contributed by atoms with Crippen LogP contribution in [0.15, 0.2) is 35.2 Å². The molecule has 0 saturated carbocycles. The van der Waals surface area contributed by atoms with Gasteiger partial charge in [-0.1, -0.05) is 0 Å². The highest BCUT2D eigenvalue weighted by Gasteiger charge is 2.03. The van der Waals surface area contributed by atoms with E-state index in [0.717, 1.165) is 15.7 Å². The predicted molar refractivity (Wildman–Crippen MR) is 49.5 cm³/mol. The second-order valence-corrected chi connectivity index (χ2v) is 3.18. The second kappa shape index (κ2) is 3.06. The van der Waals surface area contributed by atoms with Crippen LogP contribution >= 0.6 is 15.9 Å². The minimum Gasteiger partial charge on any atom is -0.285 e. The molecule has 0 aliphatic rings. The van der Waals surface area contributed by atoms with Crippen LogP contribution < -0.4 is 0 Å². The first-order valence-corrected chi connectivity index (χ1v) is 4.27. The first kappa shape index (κ1) is 7.49. The van der Waals surface area contributed by atoms with Crippen molar-refractivity contribution in [3.63, 3.8) is 0 Å². The zero-order chi connectivity index (χ0) is 8.39. The zero-order valence-corrected chi connectivity index (χ0v) is 7.75. The summed E-state index contributed by atoms with van der Waals surface area (Å²) < 4.78 is 0.978. The lowest BCUT2D eigenvalue weighted by atomic mass is 10.2. The lowest BCUT2D eigenvalue weighted by Crippen LogP contribution is -1.80. The lowest BCUT2D eigenvalue weighted by Gasteiger charge is -1.97. The van der Waals surface area contributed by atoms with Gasteiger partial charge in [0.1, 0.15) is 0 Å². The molecule has 2 heterocycles. The van der Waals surface area contributed by atoms with Crippen molar-refractivity contribution in [3.8, 4) is 11.3 Å². The number of halogens is 1. The Labute approximate surface area is 78.0 Å². The van der Waals surface area contributed by atoms with Crippen LogP contribution in [0.3, 0.4) is 0 Å². The maximum atomic E-state index is 4.21. The average molecular weight is 224 g/mol. The Hall–Kier alpha value is -1.16. The maximum absolute atomic E-state index is 4.21. The molecule has 0 atom stereocenters. The van der Waals surface area contributed by atoms with Crippen molar-refractivity contribution in [2.45, 2.75) is 0 Å². The van der Waals surface area contributed by atoms with Gasteiger partial charge < -0.3 is 0 Å². The smallest absolute Gasteiger partial charge is 0.0875 e. The van der Waals surface area contributed by atoms with Gasteiger partial charge in [0.05, 0.1) is 11.9 Å². The van der Waals surface area contributed by atoms with E-state index in [1.54, 1.807) is 12.4 Å². The number of H-pyrrole nitrogens is 1. The molecular formula is C8H6BrN3. The molecule has 0 unspecified atom stereocenters. The van der Waals surface area contributed by atoms with Crippen LogP contribution in [0.4, 0.5) is 0 Å². The molecule has 0 fully saturated rings. The first-order chi connectivity index (χ1) is 5.88. The fraction of sp³-hybridized carbons (Fsp3) is 0. The van der Waals surface area contributed by atoms with Crippen LogP contribution in [-0.4, -0.2) is 15.2 Å². The summed E-state index contributed by atoms with van der Waals surface area (Å²) in [7, 11) is 0. The molecule has 0 aliphatic carbocycles. The molecule has 2 rings (SSSR count). The normalized spacial score (nSPS) is 10.1. The van der Waals surface area contributed by atoms with E-state index in [0.29, 0.717) is 0 Å². The number of rotatable bonds is 1. The number of nitrogens with zero attached hydrogens (tertiary/aromatic N) is 2. The number of pyridine rings is 1. The topological polar surface area (TPSA) is 41.6 Å². The summed E-state index contributed by atoms with van der Waals surface area (Å²) in [5.41, 5.74) is 1.90. The highest BCUT2D eigenvalue weighted by Crippen LogP contribution is 2.23. The van der Waals surface area contributed by atoms with Crippen molar-refractivity contribution >= 4 is 15.9 Å². The Morgan fingerprint density at radius 2 is 2.33 bits per heavy atom. The minimum absolute atomic E-state index is 0.909. The summed E-state index contributed by atoms with van der Waals surface area (Å²) in [5.74, 6) is 0. The molecular weight excluding hydrogens is 218 g/mol. The van der Waals surface area contributed by atoms with E-state index in [1.165, 1.54) is 0 Å². The molecule has 0 aromatic carbocycles. The second-order valence-electron chi connectivity index (χ2n) is 2.32. The summed E-state index contributed by atoms with van der Waals surface area (Å²) >= 11 is 3.41. The van der Waals surface area contributed by atoms with Gasteiger partial charge >= 0.3 is 0 Å². The Bertz CT molecular complexity index is 370. The third kappa shape index (κ3) is 1.25. The Morgan fingerprint density at radius 1 is 1.42 bits per heavy atom. The SMILES string of the molecule is Brc1cccnc1-c1cn[nH]c1. The van der Waals surface area contributed by atoms with Crippen LogP contribution in [0.2, 0.25) is 0 Å². The van der Waals surface area contributed by atoms with Crippen molar-refractivity contribution in [1.29, 1.82) is 0 Å². The van der Waals surface area contributed by atoms with Crippen molar-refractivity contribution in [3.05, 3.63) is 35.2 Å². The molecule has 0 spiro atoms. The van der Waals surface area contributed by atoms with Crippen LogP contribution in [0, 0.1) is 0 Å². The van der Waals surface area contributed by atoms with Gasteiger partial charge in [-0.3, -0.25) is 10.1 Å². The standard InChI is InChI=1S/C8H6BrN3/c9-7-2-1-3-10-8(7)6-4-11-12-5-6/h1-5H,(H,11,12). The molecule has 2 aromatic rings. The van der Waals surface area contributed by atoms with Crippen molar-refractivity contribution in [2.75, 3.05) is 0 Å². The molecule has 3 nitrogen and oxygen atoms in total. The number of nitrogens with one attached hydrogen (secondary N) is 1. The third-order valence-corrected chi connectivity index (χ3v) is 2.17. The lowest BCUT2D eigenvalue weighted by molar-refractivity contribution is 1.09. The molecule has 0 saturated heterocycles. The summed E-state index contributed by atoms with van der Waals surface area (Å²) in [5, 5.41) is 6.60. The third-order valence-electron chi connectivity index (χ3n) is 1.53. The fourth-order valence-corrected chi connectivity index (χ4v) is 1.46. The number of hydrogen-bond donors (Lipinski definition) is 1. The predicted octanol–water partition coefficient (Wildman–Crippen LogP) is 2.23. The summed E-state index contributed by atoms with van der Waals surface area (Å²) in [6, 6.07) is 3.84. The van der Waals surface area contributed by atoms with Gasteiger partial charge in [0.15, 0.2) is 0 Å². The van der Waals surface area contributed by atoms with Crippen LogP contribution in [0.25, 0.3) is 11.3 Å². The summed E-state index contributed by atoms with van der Waals surface area (Å²) in [4.78, 5) is 4.21. The molecule has 4 heteroatoms. The van der Waals surface area contributed by atoms with E-state index < -0.39 is 0 Å². The highest BCUT2D eigenvalue weighted by molar-refractivity contribution is 9.10. The van der Waals surface area contributed by atoms with E-state index in [9.17, 15) is 0 Å². The van der Waals surface area contributed by atoms with E-state index >= 15 is 0 Å². The van der Waals surface area contributed by atoms with E-state index in [4.69, 9.17) is 0 Å². The van der Waals surface area contributed by atoms with E-state index in [-0.39, 0.29) is 0 Å². The minimum atomic E-state index is 0.909. The Morgan fingerprint density at radius 3 is 3.00 bits per heavy atom.